The smallest absolute Gasteiger partial charge is 0.109 e. The van der Waals surface area contributed by atoms with E-state index in [0.29, 0.717) is 0 Å². The van der Waals surface area contributed by atoms with Gasteiger partial charge in [0, 0.05) is 0 Å². The molecular weight excluding hydrogens is 192 g/mol. The SMILES string of the molecule is C[CH]=[Ti+2].[C-]1=CC=CC1.[C-]1=CC=CC1. The molecule has 2 rings (SSSR count). The van der Waals surface area contributed by atoms with Gasteiger partial charge in [0.15, 0.2) is 0 Å². The summed E-state index contributed by atoms with van der Waals surface area (Å²) in [6, 6.07) is 0. The third kappa shape index (κ3) is 11.5. The van der Waals surface area contributed by atoms with Gasteiger partial charge < -0.3 is 0 Å². The zero-order valence-electron chi connectivity index (χ0n) is 7.96. The van der Waals surface area contributed by atoms with Crippen LogP contribution in [0.4, 0.5) is 0 Å². The van der Waals surface area contributed by atoms with Crippen molar-refractivity contribution >= 4 is 4.31 Å². The molecule has 0 aromatic heterocycles. The quantitative estimate of drug-likeness (QED) is 0.422. The van der Waals surface area contributed by atoms with Crippen LogP contribution in [0.15, 0.2) is 36.5 Å². The summed E-state index contributed by atoms with van der Waals surface area (Å²) in [5.74, 6) is 0. The molecule has 0 aromatic rings. The van der Waals surface area contributed by atoms with E-state index >= 15 is 0 Å². The van der Waals surface area contributed by atoms with E-state index in [-0.39, 0.29) is 0 Å². The Morgan fingerprint density at radius 1 is 1.08 bits per heavy atom. The first-order valence-electron chi connectivity index (χ1n) is 4.30. The predicted molar refractivity (Wildman–Crippen MR) is 54.9 cm³/mol. The van der Waals surface area contributed by atoms with Gasteiger partial charge in [-0.15, -0.1) is 12.8 Å². The molecule has 0 aromatic carbocycles. The fourth-order valence-corrected chi connectivity index (χ4v) is 0.680. The van der Waals surface area contributed by atoms with E-state index in [4.69, 9.17) is 0 Å². The number of rotatable bonds is 0. The predicted octanol–water partition coefficient (Wildman–Crippen LogP) is 2.97. The van der Waals surface area contributed by atoms with Gasteiger partial charge >= 0.3 is 31.2 Å². The third-order valence-corrected chi connectivity index (χ3v) is 1.17. The van der Waals surface area contributed by atoms with Crippen LogP contribution in [0.1, 0.15) is 19.8 Å². The Morgan fingerprint density at radius 3 is 1.54 bits per heavy atom. The molecule has 1 heteroatoms. The molecule has 13 heavy (non-hydrogen) atoms. The van der Waals surface area contributed by atoms with Gasteiger partial charge in [-0.05, 0) is 0 Å². The summed E-state index contributed by atoms with van der Waals surface area (Å²) in [5, 5.41) is 0. The van der Waals surface area contributed by atoms with Crippen molar-refractivity contribution in [2.75, 3.05) is 0 Å². The fourth-order valence-electron chi connectivity index (χ4n) is 0.680. The molecule has 0 heterocycles. The molecule has 0 unspecified atom stereocenters. The van der Waals surface area contributed by atoms with E-state index in [0.717, 1.165) is 12.8 Å². The molecule has 0 radical (unpaired) electrons. The summed E-state index contributed by atoms with van der Waals surface area (Å²) < 4.78 is 2.00. The molecule has 0 bridgehead atoms. The van der Waals surface area contributed by atoms with Crippen LogP contribution in [-0.4, -0.2) is 4.31 Å². The molecule has 0 spiro atoms. The van der Waals surface area contributed by atoms with E-state index in [1.165, 1.54) is 0 Å². The van der Waals surface area contributed by atoms with Crippen molar-refractivity contribution in [1.29, 1.82) is 0 Å². The minimum absolute atomic E-state index is 1.01. The molecule has 0 saturated carbocycles. The van der Waals surface area contributed by atoms with E-state index in [1.54, 1.807) is 0 Å². The summed E-state index contributed by atoms with van der Waals surface area (Å²) in [6.07, 6.45) is 20.0. The van der Waals surface area contributed by atoms with Gasteiger partial charge in [0.2, 0.25) is 0 Å². The summed E-state index contributed by atoms with van der Waals surface area (Å²) in [5.41, 5.74) is 0. The summed E-state index contributed by atoms with van der Waals surface area (Å²) in [6.45, 7) is 2.00. The van der Waals surface area contributed by atoms with Gasteiger partial charge in [-0.2, -0.15) is 12.2 Å². The van der Waals surface area contributed by atoms with Crippen LogP contribution in [0.3, 0.4) is 0 Å². The topological polar surface area (TPSA) is 0 Å². The number of hydrogen-bond acceptors (Lipinski definition) is 0. The van der Waals surface area contributed by atoms with Gasteiger partial charge in [0.1, 0.15) is 0 Å². The van der Waals surface area contributed by atoms with Crippen molar-refractivity contribution in [3.63, 3.8) is 0 Å². The second kappa shape index (κ2) is 11.5. The van der Waals surface area contributed by atoms with Crippen molar-refractivity contribution in [3.05, 3.63) is 48.6 Å². The Morgan fingerprint density at radius 2 is 1.46 bits per heavy atom. The second-order valence-corrected chi connectivity index (χ2v) is 3.20. The van der Waals surface area contributed by atoms with Gasteiger partial charge in [0.05, 0.1) is 0 Å². The average molecular weight is 206 g/mol. The average Bonchev–Trinajstić information content (AvgIpc) is 2.85. The van der Waals surface area contributed by atoms with E-state index < -0.39 is 0 Å². The normalized spacial score (nSPS) is 14.7. The minimum Gasteiger partial charge on any atom is -0.273 e. The Bertz CT molecular complexity index is 177. The van der Waals surface area contributed by atoms with Crippen LogP contribution in [0.5, 0.6) is 0 Å². The van der Waals surface area contributed by atoms with E-state index in [2.05, 4.69) is 24.3 Å². The van der Waals surface area contributed by atoms with Gasteiger partial charge in [0.25, 0.3) is 0 Å². The number of allylic oxidation sites excluding steroid dienone is 8. The van der Waals surface area contributed by atoms with Crippen LogP contribution >= 0.6 is 0 Å². The van der Waals surface area contributed by atoms with Crippen molar-refractivity contribution in [1.82, 2.24) is 0 Å². The second-order valence-electron chi connectivity index (χ2n) is 2.29. The molecule has 0 amide bonds. The Kier molecular flexibility index (Phi) is 11.1. The Labute approximate surface area is 92.6 Å². The van der Waals surface area contributed by atoms with Crippen molar-refractivity contribution in [2.45, 2.75) is 19.8 Å². The minimum atomic E-state index is 1.01. The fraction of sp³-hybridized carbons (Fsp3) is 0.250. The monoisotopic (exact) mass is 206 g/mol. The molecule has 0 fully saturated rings. The molecule has 0 aliphatic heterocycles. The maximum Gasteiger partial charge on any atom is -0.109 e. The zero-order valence-corrected chi connectivity index (χ0v) is 9.52. The zero-order chi connectivity index (χ0) is 9.78. The van der Waals surface area contributed by atoms with Crippen LogP contribution < -0.4 is 0 Å². The van der Waals surface area contributed by atoms with Crippen molar-refractivity contribution in [2.24, 2.45) is 0 Å². The van der Waals surface area contributed by atoms with Gasteiger partial charge in [-0.3, -0.25) is 12.2 Å². The largest absolute Gasteiger partial charge is 0.273 e. The maximum absolute atomic E-state index is 2.99. The molecule has 2 aliphatic rings. The van der Waals surface area contributed by atoms with Crippen molar-refractivity contribution in [3.8, 4) is 0 Å². The van der Waals surface area contributed by atoms with Gasteiger partial charge in [-0.1, -0.05) is 0 Å². The first-order valence-corrected chi connectivity index (χ1v) is 5.20. The molecular formula is C12H14Ti. The summed E-state index contributed by atoms with van der Waals surface area (Å²) in [7, 11) is 0. The molecule has 0 nitrogen and oxygen atoms in total. The molecule has 66 valence electrons. The third-order valence-electron chi connectivity index (χ3n) is 1.17. The number of hydrogen-bond donors (Lipinski definition) is 0. The Balaban J connectivity index is 0.000000174. The van der Waals surface area contributed by atoms with E-state index in [9.17, 15) is 0 Å². The first kappa shape index (κ1) is 12.5. The van der Waals surface area contributed by atoms with Crippen LogP contribution in [-0.2, 0) is 20.0 Å². The molecule has 0 atom stereocenters. The van der Waals surface area contributed by atoms with Crippen LogP contribution in [0, 0.1) is 12.2 Å². The summed E-state index contributed by atoms with van der Waals surface area (Å²) in [4.78, 5) is 0. The molecule has 0 saturated heterocycles. The molecule has 2 aliphatic carbocycles. The van der Waals surface area contributed by atoms with E-state index in [1.807, 2.05) is 55.5 Å². The summed E-state index contributed by atoms with van der Waals surface area (Å²) >= 11 is 2.00. The standard InChI is InChI=1S/2C5H5.C2H4.Ti/c2*1-2-4-5-3-1;1-2;/h2*1-3H,4H2;1H,2H3;/q2*-1;;+2. The van der Waals surface area contributed by atoms with Crippen molar-refractivity contribution < 1.29 is 20.0 Å². The Hall–Kier alpha value is -0.456. The molecule has 0 N–H and O–H groups in total. The van der Waals surface area contributed by atoms with Crippen LogP contribution in [0.25, 0.3) is 0 Å². The first-order chi connectivity index (χ1) is 6.41. The van der Waals surface area contributed by atoms with Gasteiger partial charge in [-0.25, -0.2) is 24.3 Å². The van der Waals surface area contributed by atoms with Crippen LogP contribution in [0.2, 0.25) is 0 Å². The maximum atomic E-state index is 2.99.